The quantitative estimate of drug-likeness (QED) is 0.910. The minimum Gasteiger partial charge on any atom is -0.439 e. The molecule has 0 unspecified atom stereocenters. The first-order valence-corrected chi connectivity index (χ1v) is 6.23. The second-order valence-electron chi connectivity index (χ2n) is 4.20. The van der Waals surface area contributed by atoms with Crippen molar-refractivity contribution in [2.75, 3.05) is 12.3 Å². The number of hydrogen-bond acceptors (Lipinski definition) is 5. The molecule has 0 saturated carbocycles. The topological polar surface area (TPSA) is 70.3 Å². The van der Waals surface area contributed by atoms with Gasteiger partial charge in [-0.05, 0) is 37.6 Å². The number of ether oxygens (including phenoxy) is 2. The Labute approximate surface area is 116 Å². The average Bonchev–Trinajstić information content (AvgIpc) is 2.39. The van der Waals surface area contributed by atoms with Crippen molar-refractivity contribution in [3.8, 4) is 11.6 Å². The fraction of sp³-hybridized carbons (Fsp3) is 0.286. The van der Waals surface area contributed by atoms with Crippen LogP contribution in [0.5, 0.6) is 11.6 Å². The minimum absolute atomic E-state index is 0.264. The van der Waals surface area contributed by atoms with Gasteiger partial charge in [0.25, 0.3) is 0 Å². The van der Waals surface area contributed by atoms with Crippen LogP contribution in [0.2, 0.25) is 0 Å². The second-order valence-corrected chi connectivity index (χ2v) is 4.20. The zero-order valence-electron chi connectivity index (χ0n) is 11.4. The molecule has 5 nitrogen and oxygen atoms in total. The number of aryl methyl sites for hydroxylation is 1. The van der Waals surface area contributed by atoms with Crippen LogP contribution in [0.25, 0.3) is 0 Å². The fourth-order valence-corrected chi connectivity index (χ4v) is 1.64. The van der Waals surface area contributed by atoms with E-state index in [1.807, 2.05) is 6.92 Å². The van der Waals surface area contributed by atoms with E-state index in [9.17, 15) is 4.39 Å². The Morgan fingerprint density at radius 2 is 2.05 bits per heavy atom. The highest BCUT2D eigenvalue weighted by molar-refractivity contribution is 5.39. The smallest absolute Gasteiger partial charge is 0.224 e. The maximum Gasteiger partial charge on any atom is 0.224 e. The van der Waals surface area contributed by atoms with Crippen LogP contribution in [0, 0.1) is 12.7 Å². The number of nitrogens with two attached hydrogens (primary N) is 1. The molecule has 0 aliphatic rings. The van der Waals surface area contributed by atoms with Crippen LogP contribution in [-0.4, -0.2) is 16.6 Å². The molecule has 106 valence electrons. The Morgan fingerprint density at radius 3 is 2.75 bits per heavy atom. The summed E-state index contributed by atoms with van der Waals surface area (Å²) in [6.45, 7) is 4.46. The van der Waals surface area contributed by atoms with Crippen molar-refractivity contribution >= 4 is 5.82 Å². The van der Waals surface area contributed by atoms with Crippen LogP contribution in [-0.2, 0) is 11.3 Å². The van der Waals surface area contributed by atoms with E-state index in [1.165, 1.54) is 18.2 Å². The van der Waals surface area contributed by atoms with E-state index in [1.54, 1.807) is 13.0 Å². The van der Waals surface area contributed by atoms with Crippen LogP contribution in [0.15, 0.2) is 24.3 Å². The van der Waals surface area contributed by atoms with Crippen molar-refractivity contribution in [1.82, 2.24) is 9.97 Å². The van der Waals surface area contributed by atoms with E-state index in [2.05, 4.69) is 9.97 Å². The summed E-state index contributed by atoms with van der Waals surface area (Å²) in [7, 11) is 0. The van der Waals surface area contributed by atoms with E-state index in [0.29, 0.717) is 35.4 Å². The molecule has 0 radical (unpaired) electrons. The molecule has 2 rings (SSSR count). The highest BCUT2D eigenvalue weighted by Gasteiger charge is 2.07. The standard InChI is InChI=1S/C14H16FN3O2/c1-3-19-8-13-17-12(16)7-14(18-13)20-11-5-4-10(15)6-9(11)2/h4-7H,3,8H2,1-2H3,(H2,16,17,18). The lowest BCUT2D eigenvalue weighted by molar-refractivity contribution is 0.128. The highest BCUT2D eigenvalue weighted by Crippen LogP contribution is 2.25. The Kier molecular flexibility index (Phi) is 4.47. The maximum absolute atomic E-state index is 13.0. The first kappa shape index (κ1) is 14.2. The van der Waals surface area contributed by atoms with Crippen LogP contribution in [0.3, 0.4) is 0 Å². The van der Waals surface area contributed by atoms with Gasteiger partial charge in [0.15, 0.2) is 5.82 Å². The predicted molar refractivity (Wildman–Crippen MR) is 73.0 cm³/mol. The molecule has 1 aromatic carbocycles. The minimum atomic E-state index is -0.311. The molecule has 0 amide bonds. The van der Waals surface area contributed by atoms with Gasteiger partial charge in [0.2, 0.25) is 5.88 Å². The van der Waals surface area contributed by atoms with Crippen LogP contribution < -0.4 is 10.5 Å². The normalized spacial score (nSPS) is 10.6. The molecule has 2 N–H and O–H groups in total. The summed E-state index contributed by atoms with van der Waals surface area (Å²) in [5.74, 6) is 1.26. The molecule has 6 heteroatoms. The maximum atomic E-state index is 13.0. The first-order valence-electron chi connectivity index (χ1n) is 6.23. The van der Waals surface area contributed by atoms with Crippen molar-refractivity contribution in [2.24, 2.45) is 0 Å². The number of nitrogen functional groups attached to an aromatic ring is 1. The Morgan fingerprint density at radius 1 is 1.25 bits per heavy atom. The summed E-state index contributed by atoms with van der Waals surface area (Å²) < 4.78 is 23.9. The monoisotopic (exact) mass is 277 g/mol. The fourth-order valence-electron chi connectivity index (χ4n) is 1.64. The summed E-state index contributed by atoms with van der Waals surface area (Å²) in [5.41, 5.74) is 6.37. The molecule has 1 aromatic heterocycles. The zero-order chi connectivity index (χ0) is 14.5. The van der Waals surface area contributed by atoms with Crippen LogP contribution in [0.4, 0.5) is 10.2 Å². The van der Waals surface area contributed by atoms with Gasteiger partial charge in [-0.15, -0.1) is 0 Å². The van der Waals surface area contributed by atoms with Gasteiger partial charge in [-0.1, -0.05) is 0 Å². The SMILES string of the molecule is CCOCc1nc(N)cc(Oc2ccc(F)cc2C)n1. The number of aromatic nitrogens is 2. The molecular weight excluding hydrogens is 261 g/mol. The number of halogens is 1. The number of nitrogens with zero attached hydrogens (tertiary/aromatic N) is 2. The first-order chi connectivity index (χ1) is 9.58. The van der Waals surface area contributed by atoms with Crippen molar-refractivity contribution in [1.29, 1.82) is 0 Å². The van der Waals surface area contributed by atoms with Crippen molar-refractivity contribution < 1.29 is 13.9 Å². The van der Waals surface area contributed by atoms with E-state index in [-0.39, 0.29) is 12.4 Å². The number of benzene rings is 1. The van der Waals surface area contributed by atoms with Crippen molar-refractivity contribution in [3.05, 3.63) is 41.5 Å². The molecule has 0 saturated heterocycles. The van der Waals surface area contributed by atoms with Gasteiger partial charge in [-0.2, -0.15) is 4.98 Å². The molecule has 0 aliphatic heterocycles. The summed E-state index contributed by atoms with van der Waals surface area (Å²) in [4.78, 5) is 8.25. The van der Waals surface area contributed by atoms with Gasteiger partial charge in [-0.3, -0.25) is 0 Å². The van der Waals surface area contributed by atoms with Gasteiger partial charge in [0.05, 0.1) is 0 Å². The van der Waals surface area contributed by atoms with E-state index < -0.39 is 0 Å². The van der Waals surface area contributed by atoms with Gasteiger partial charge >= 0.3 is 0 Å². The molecule has 0 aliphatic carbocycles. The third-order valence-electron chi connectivity index (χ3n) is 2.56. The number of rotatable bonds is 5. The largest absolute Gasteiger partial charge is 0.439 e. The van der Waals surface area contributed by atoms with Crippen LogP contribution in [0.1, 0.15) is 18.3 Å². The summed E-state index contributed by atoms with van der Waals surface area (Å²) in [6, 6.07) is 5.78. The Hall–Kier alpha value is -2.21. The molecular formula is C14H16FN3O2. The van der Waals surface area contributed by atoms with Crippen molar-refractivity contribution in [3.63, 3.8) is 0 Å². The van der Waals surface area contributed by atoms with Gasteiger partial charge in [0, 0.05) is 12.7 Å². The van der Waals surface area contributed by atoms with Crippen LogP contribution >= 0.6 is 0 Å². The van der Waals surface area contributed by atoms with Crippen molar-refractivity contribution in [2.45, 2.75) is 20.5 Å². The third-order valence-corrected chi connectivity index (χ3v) is 2.56. The van der Waals surface area contributed by atoms with E-state index in [0.717, 1.165) is 0 Å². The van der Waals surface area contributed by atoms with E-state index in [4.69, 9.17) is 15.2 Å². The third kappa shape index (κ3) is 3.64. The number of anilines is 1. The highest BCUT2D eigenvalue weighted by atomic mass is 19.1. The predicted octanol–water partition coefficient (Wildman–Crippen LogP) is 2.84. The molecule has 0 atom stereocenters. The van der Waals surface area contributed by atoms with Gasteiger partial charge in [-0.25, -0.2) is 9.37 Å². The second kappa shape index (κ2) is 6.29. The zero-order valence-corrected chi connectivity index (χ0v) is 11.4. The molecule has 20 heavy (non-hydrogen) atoms. The van der Waals surface area contributed by atoms with E-state index >= 15 is 0 Å². The summed E-state index contributed by atoms with van der Waals surface area (Å²) in [5, 5.41) is 0. The lowest BCUT2D eigenvalue weighted by Gasteiger charge is -2.09. The molecule has 0 fully saturated rings. The molecule has 2 aromatic rings. The summed E-state index contributed by atoms with van der Waals surface area (Å²) >= 11 is 0. The lowest BCUT2D eigenvalue weighted by atomic mass is 10.2. The number of hydrogen-bond donors (Lipinski definition) is 1. The molecule has 0 bridgehead atoms. The van der Waals surface area contributed by atoms with Gasteiger partial charge < -0.3 is 15.2 Å². The Balaban J connectivity index is 2.21. The Bertz CT molecular complexity index is 605. The average molecular weight is 277 g/mol. The summed E-state index contributed by atoms with van der Waals surface area (Å²) in [6.07, 6.45) is 0. The molecule has 0 spiro atoms. The molecule has 1 heterocycles. The van der Waals surface area contributed by atoms with Gasteiger partial charge in [0.1, 0.15) is 24.0 Å². The lowest BCUT2D eigenvalue weighted by Crippen LogP contribution is -2.04.